The van der Waals surface area contributed by atoms with Crippen LogP contribution in [0.1, 0.15) is 35.2 Å². The SMILES string of the molecule is COC(=O)C1=C(C(=O)OC)C2(c3ccccc3)CCCC1(C(=O)c1ccccc1)O2. The third kappa shape index (κ3) is 2.79. The van der Waals surface area contributed by atoms with Crippen molar-refractivity contribution in [3.63, 3.8) is 0 Å². The second-order valence-electron chi connectivity index (χ2n) is 7.40. The van der Waals surface area contributed by atoms with Crippen LogP contribution in [0.5, 0.6) is 0 Å². The van der Waals surface area contributed by atoms with Crippen LogP contribution in [0.25, 0.3) is 0 Å². The van der Waals surface area contributed by atoms with Crippen molar-refractivity contribution >= 4 is 17.7 Å². The molecule has 1 saturated heterocycles. The van der Waals surface area contributed by atoms with Crippen LogP contribution in [0.3, 0.4) is 0 Å². The Kier molecular flexibility index (Phi) is 5.03. The van der Waals surface area contributed by atoms with Crippen LogP contribution in [-0.4, -0.2) is 37.5 Å². The minimum absolute atomic E-state index is 0.0461. The Balaban J connectivity index is 2.02. The van der Waals surface area contributed by atoms with Gasteiger partial charge in [0.2, 0.25) is 0 Å². The smallest absolute Gasteiger partial charge is 0.337 e. The van der Waals surface area contributed by atoms with Crippen molar-refractivity contribution in [2.45, 2.75) is 30.5 Å². The van der Waals surface area contributed by atoms with Gasteiger partial charge < -0.3 is 14.2 Å². The topological polar surface area (TPSA) is 78.9 Å². The van der Waals surface area contributed by atoms with Crippen molar-refractivity contribution in [1.82, 2.24) is 0 Å². The zero-order valence-electron chi connectivity index (χ0n) is 16.8. The van der Waals surface area contributed by atoms with Crippen molar-refractivity contribution in [3.05, 3.63) is 82.9 Å². The number of carbonyl (C=O) groups excluding carboxylic acids is 3. The summed E-state index contributed by atoms with van der Waals surface area (Å²) in [5.74, 6) is -1.84. The van der Waals surface area contributed by atoms with E-state index >= 15 is 0 Å². The molecule has 0 radical (unpaired) electrons. The van der Waals surface area contributed by atoms with E-state index in [0.29, 0.717) is 24.0 Å². The predicted octanol–water partition coefficient (Wildman–Crippen LogP) is 3.36. The fourth-order valence-electron chi connectivity index (χ4n) is 4.63. The first-order valence-electron chi connectivity index (χ1n) is 9.77. The van der Waals surface area contributed by atoms with Crippen LogP contribution in [0.2, 0.25) is 0 Å². The lowest BCUT2D eigenvalue weighted by molar-refractivity contribution is -0.147. The maximum absolute atomic E-state index is 13.7. The number of Topliss-reactive ketones (excluding diaryl/α,β-unsaturated/α-hetero) is 1. The van der Waals surface area contributed by atoms with E-state index in [1.54, 1.807) is 30.3 Å². The standard InChI is InChI=1S/C24H22O6/c1-28-21(26)18-19(22(27)29-2)24(20(25)16-10-5-3-6-11-16)15-9-14-23(18,30-24)17-12-7-4-8-13-17/h3-8,10-13H,9,14-15H2,1-2H3. The molecule has 2 aliphatic heterocycles. The third-order valence-corrected chi connectivity index (χ3v) is 5.89. The molecular weight excluding hydrogens is 384 g/mol. The fraction of sp³-hybridized carbons (Fsp3) is 0.292. The Bertz CT molecular complexity index is 1030. The molecule has 154 valence electrons. The van der Waals surface area contributed by atoms with Gasteiger partial charge in [-0.2, -0.15) is 0 Å². The first-order valence-corrected chi connectivity index (χ1v) is 9.77. The molecule has 6 nitrogen and oxygen atoms in total. The number of benzene rings is 2. The summed E-state index contributed by atoms with van der Waals surface area (Å²) in [5.41, 5.74) is -1.81. The lowest BCUT2D eigenvalue weighted by Gasteiger charge is -2.41. The molecule has 1 fully saturated rings. The quantitative estimate of drug-likeness (QED) is 0.560. The van der Waals surface area contributed by atoms with E-state index in [-0.39, 0.29) is 23.4 Å². The maximum Gasteiger partial charge on any atom is 0.337 e. The molecule has 2 aromatic rings. The van der Waals surface area contributed by atoms with Gasteiger partial charge in [0.25, 0.3) is 0 Å². The number of hydrogen-bond acceptors (Lipinski definition) is 6. The van der Waals surface area contributed by atoms with Gasteiger partial charge in [0, 0.05) is 5.56 Å². The molecule has 0 saturated carbocycles. The molecule has 2 aromatic carbocycles. The highest BCUT2D eigenvalue weighted by molar-refractivity contribution is 6.15. The van der Waals surface area contributed by atoms with Crippen LogP contribution in [0.4, 0.5) is 0 Å². The number of esters is 2. The van der Waals surface area contributed by atoms with Crippen LogP contribution in [-0.2, 0) is 29.4 Å². The highest BCUT2D eigenvalue weighted by Crippen LogP contribution is 2.58. The third-order valence-electron chi connectivity index (χ3n) is 5.89. The summed E-state index contributed by atoms with van der Waals surface area (Å²) in [6.45, 7) is 0. The minimum Gasteiger partial charge on any atom is -0.466 e. The van der Waals surface area contributed by atoms with Crippen molar-refractivity contribution < 1.29 is 28.6 Å². The maximum atomic E-state index is 13.7. The molecular formula is C24H22O6. The molecule has 2 aliphatic rings. The van der Waals surface area contributed by atoms with E-state index in [9.17, 15) is 14.4 Å². The summed E-state index contributed by atoms with van der Waals surface area (Å²) in [7, 11) is 2.47. The van der Waals surface area contributed by atoms with Crippen molar-refractivity contribution in [3.8, 4) is 0 Å². The first kappa shape index (κ1) is 20.0. The van der Waals surface area contributed by atoms with E-state index < -0.39 is 23.1 Å². The molecule has 0 aliphatic carbocycles. The Hall–Kier alpha value is -3.25. The van der Waals surface area contributed by atoms with E-state index in [2.05, 4.69) is 0 Å². The molecule has 0 spiro atoms. The van der Waals surface area contributed by atoms with Crippen molar-refractivity contribution in [1.29, 1.82) is 0 Å². The molecule has 2 bridgehead atoms. The summed E-state index contributed by atoms with van der Waals surface area (Å²) < 4.78 is 16.6. The molecule has 4 rings (SSSR count). The Morgan fingerprint density at radius 3 is 1.97 bits per heavy atom. The number of ether oxygens (including phenoxy) is 3. The summed E-state index contributed by atoms with van der Waals surface area (Å²) in [4.78, 5) is 39.7. The van der Waals surface area contributed by atoms with Gasteiger partial charge >= 0.3 is 11.9 Å². The molecule has 2 unspecified atom stereocenters. The molecule has 0 aromatic heterocycles. The van der Waals surface area contributed by atoms with Crippen molar-refractivity contribution in [2.24, 2.45) is 0 Å². The highest BCUT2D eigenvalue weighted by atomic mass is 16.6. The number of hydrogen-bond donors (Lipinski definition) is 0. The van der Waals surface area contributed by atoms with Crippen LogP contribution in [0, 0.1) is 0 Å². The summed E-state index contributed by atoms with van der Waals surface area (Å²) >= 11 is 0. The van der Waals surface area contributed by atoms with Gasteiger partial charge in [0.15, 0.2) is 11.4 Å². The summed E-state index contributed by atoms with van der Waals surface area (Å²) in [5, 5.41) is 0. The fourth-order valence-corrected chi connectivity index (χ4v) is 4.63. The Morgan fingerprint density at radius 1 is 0.800 bits per heavy atom. The summed E-state index contributed by atoms with van der Waals surface area (Å²) in [6.07, 6.45) is 1.28. The molecule has 6 heteroatoms. The monoisotopic (exact) mass is 406 g/mol. The van der Waals surface area contributed by atoms with Crippen LogP contribution in [0.15, 0.2) is 71.8 Å². The normalized spacial score (nSPS) is 25.0. The molecule has 0 N–H and O–H groups in total. The summed E-state index contributed by atoms with van der Waals surface area (Å²) in [6, 6.07) is 17.8. The van der Waals surface area contributed by atoms with Crippen molar-refractivity contribution in [2.75, 3.05) is 14.2 Å². The number of rotatable bonds is 5. The molecule has 30 heavy (non-hydrogen) atoms. The number of fused-ring (bicyclic) bond motifs is 2. The van der Waals surface area contributed by atoms with Gasteiger partial charge in [-0.15, -0.1) is 0 Å². The second-order valence-corrected chi connectivity index (χ2v) is 7.40. The number of methoxy groups -OCH3 is 2. The minimum atomic E-state index is -1.62. The molecule has 2 atom stereocenters. The molecule has 2 heterocycles. The van der Waals surface area contributed by atoms with E-state index in [0.717, 1.165) is 0 Å². The van der Waals surface area contributed by atoms with Gasteiger partial charge in [0.1, 0.15) is 5.60 Å². The second kappa shape index (κ2) is 7.54. The Labute approximate surface area is 174 Å². The van der Waals surface area contributed by atoms with Crippen LogP contribution < -0.4 is 0 Å². The highest BCUT2D eigenvalue weighted by Gasteiger charge is 2.65. The lowest BCUT2D eigenvalue weighted by atomic mass is 9.81. The van der Waals surface area contributed by atoms with E-state index in [1.165, 1.54) is 14.2 Å². The first-order chi connectivity index (χ1) is 14.5. The zero-order chi connectivity index (χ0) is 21.4. The van der Waals surface area contributed by atoms with Gasteiger partial charge in [-0.1, -0.05) is 60.7 Å². The lowest BCUT2D eigenvalue weighted by Crippen LogP contribution is -2.49. The largest absolute Gasteiger partial charge is 0.466 e. The number of carbonyl (C=O) groups is 3. The van der Waals surface area contributed by atoms with Gasteiger partial charge in [0.05, 0.1) is 25.4 Å². The molecule has 0 amide bonds. The van der Waals surface area contributed by atoms with Gasteiger partial charge in [-0.25, -0.2) is 9.59 Å². The van der Waals surface area contributed by atoms with Gasteiger partial charge in [-0.05, 0) is 24.8 Å². The number of ketones is 1. The average molecular weight is 406 g/mol. The predicted molar refractivity (Wildman–Crippen MR) is 108 cm³/mol. The van der Waals surface area contributed by atoms with E-state index in [1.807, 2.05) is 30.3 Å². The van der Waals surface area contributed by atoms with Crippen LogP contribution >= 0.6 is 0 Å². The van der Waals surface area contributed by atoms with Gasteiger partial charge in [-0.3, -0.25) is 4.79 Å². The van der Waals surface area contributed by atoms with E-state index in [4.69, 9.17) is 14.2 Å². The average Bonchev–Trinajstić information content (AvgIpc) is 3.03. The Morgan fingerprint density at radius 2 is 1.37 bits per heavy atom. The zero-order valence-corrected chi connectivity index (χ0v) is 16.8.